The first kappa shape index (κ1) is 16.2. The van der Waals surface area contributed by atoms with Gasteiger partial charge >= 0.3 is 0 Å². The van der Waals surface area contributed by atoms with E-state index in [0.29, 0.717) is 5.92 Å². The second kappa shape index (κ2) is 7.28. The topological polar surface area (TPSA) is 12.5 Å². The maximum atomic E-state index is 5.32. The fourth-order valence-electron chi connectivity index (χ4n) is 3.89. The average Bonchev–Trinajstić information content (AvgIpc) is 2.68. The van der Waals surface area contributed by atoms with Gasteiger partial charge < -0.3 is 4.74 Å². The summed E-state index contributed by atoms with van der Waals surface area (Å²) in [5, 5.41) is 2.56. The molecule has 1 heterocycles. The summed E-state index contributed by atoms with van der Waals surface area (Å²) in [4.78, 5) is 2.58. The van der Waals surface area contributed by atoms with Crippen molar-refractivity contribution in [1.82, 2.24) is 4.90 Å². The van der Waals surface area contributed by atoms with Crippen molar-refractivity contribution in [3.05, 3.63) is 77.9 Å². The van der Waals surface area contributed by atoms with Gasteiger partial charge in [-0.3, -0.25) is 4.90 Å². The molecule has 0 aromatic heterocycles. The van der Waals surface area contributed by atoms with Crippen molar-refractivity contribution in [1.29, 1.82) is 0 Å². The fraction of sp³-hybridized carbons (Fsp3) is 0.304. The molecule has 1 saturated heterocycles. The smallest absolute Gasteiger partial charge is 0.119 e. The molecule has 2 heteroatoms. The van der Waals surface area contributed by atoms with E-state index >= 15 is 0 Å². The molecule has 3 aromatic rings. The lowest BCUT2D eigenvalue weighted by molar-refractivity contribution is 0.204. The van der Waals surface area contributed by atoms with E-state index in [1.807, 2.05) is 0 Å². The highest BCUT2D eigenvalue weighted by molar-refractivity contribution is 5.84. The van der Waals surface area contributed by atoms with Crippen molar-refractivity contribution in [3.8, 4) is 5.75 Å². The van der Waals surface area contributed by atoms with Crippen molar-refractivity contribution < 1.29 is 4.74 Å². The molecule has 25 heavy (non-hydrogen) atoms. The molecule has 0 saturated carbocycles. The van der Waals surface area contributed by atoms with Crippen molar-refractivity contribution in [2.45, 2.75) is 25.3 Å². The maximum Gasteiger partial charge on any atom is 0.119 e. The van der Waals surface area contributed by atoms with E-state index in [1.165, 1.54) is 47.8 Å². The first-order valence-electron chi connectivity index (χ1n) is 9.16. The standard InChI is InChI=1S/C23H25NO/c1-25-23-10-9-21-15-20(7-8-22(21)16-23)19-11-13-24(14-12-19)17-18-5-3-2-4-6-18/h2-10,15-16,19H,11-14,17H2,1H3. The molecule has 0 aliphatic carbocycles. The first-order chi connectivity index (χ1) is 12.3. The SMILES string of the molecule is COc1ccc2cc(C3CCN(Cc4ccccc4)CC3)ccc2c1. The lowest BCUT2D eigenvalue weighted by atomic mass is 9.88. The number of nitrogens with zero attached hydrogens (tertiary/aromatic N) is 1. The zero-order valence-corrected chi connectivity index (χ0v) is 14.8. The van der Waals surface area contributed by atoms with Crippen LogP contribution in [0.1, 0.15) is 29.9 Å². The van der Waals surface area contributed by atoms with E-state index in [9.17, 15) is 0 Å². The van der Waals surface area contributed by atoms with Gasteiger partial charge in [0, 0.05) is 6.54 Å². The number of rotatable bonds is 4. The molecule has 0 N–H and O–H groups in total. The van der Waals surface area contributed by atoms with Crippen LogP contribution in [0.3, 0.4) is 0 Å². The Labute approximate surface area is 150 Å². The number of piperidine rings is 1. The molecule has 3 aromatic carbocycles. The summed E-state index contributed by atoms with van der Waals surface area (Å²) in [5.74, 6) is 1.60. The van der Waals surface area contributed by atoms with Gasteiger partial charge in [0.05, 0.1) is 7.11 Å². The van der Waals surface area contributed by atoms with Crippen LogP contribution in [0, 0.1) is 0 Å². The Bertz CT molecular complexity index is 835. The zero-order chi connectivity index (χ0) is 17.1. The van der Waals surface area contributed by atoms with Crippen molar-refractivity contribution in [2.75, 3.05) is 20.2 Å². The van der Waals surface area contributed by atoms with E-state index < -0.39 is 0 Å². The third-order valence-electron chi connectivity index (χ3n) is 5.38. The molecule has 1 fully saturated rings. The van der Waals surface area contributed by atoms with Gasteiger partial charge in [0.15, 0.2) is 0 Å². The Morgan fingerprint density at radius 2 is 1.60 bits per heavy atom. The van der Waals surface area contributed by atoms with Gasteiger partial charge in [-0.2, -0.15) is 0 Å². The summed E-state index contributed by atoms with van der Waals surface area (Å²) in [6.07, 6.45) is 2.49. The number of likely N-dealkylation sites (tertiary alicyclic amines) is 1. The van der Waals surface area contributed by atoms with Gasteiger partial charge in [-0.15, -0.1) is 0 Å². The second-order valence-corrected chi connectivity index (χ2v) is 7.01. The summed E-state index contributed by atoms with van der Waals surface area (Å²) in [6, 6.07) is 24.0. The minimum Gasteiger partial charge on any atom is -0.497 e. The molecule has 0 atom stereocenters. The van der Waals surface area contributed by atoms with E-state index in [2.05, 4.69) is 71.6 Å². The van der Waals surface area contributed by atoms with Gasteiger partial charge in [-0.1, -0.05) is 54.6 Å². The van der Waals surface area contributed by atoms with Gasteiger partial charge in [-0.05, 0) is 65.9 Å². The number of methoxy groups -OCH3 is 1. The molecule has 0 bridgehead atoms. The van der Waals surface area contributed by atoms with Crippen molar-refractivity contribution in [3.63, 3.8) is 0 Å². The minimum absolute atomic E-state index is 0.679. The Balaban J connectivity index is 1.42. The highest BCUT2D eigenvalue weighted by Gasteiger charge is 2.20. The van der Waals surface area contributed by atoms with Crippen LogP contribution in [0.25, 0.3) is 10.8 Å². The molecular formula is C23H25NO. The van der Waals surface area contributed by atoms with E-state index in [1.54, 1.807) is 7.11 Å². The third kappa shape index (κ3) is 3.69. The van der Waals surface area contributed by atoms with Crippen molar-refractivity contribution in [2.24, 2.45) is 0 Å². The van der Waals surface area contributed by atoms with Crippen LogP contribution in [0.15, 0.2) is 66.7 Å². The molecule has 4 rings (SSSR count). The first-order valence-corrected chi connectivity index (χ1v) is 9.16. The monoisotopic (exact) mass is 331 g/mol. The Morgan fingerprint density at radius 1 is 0.880 bits per heavy atom. The largest absolute Gasteiger partial charge is 0.497 e. The predicted octanol–water partition coefficient (Wildman–Crippen LogP) is 5.23. The molecular weight excluding hydrogens is 306 g/mol. The molecule has 0 amide bonds. The van der Waals surface area contributed by atoms with E-state index in [-0.39, 0.29) is 0 Å². The number of hydrogen-bond donors (Lipinski definition) is 0. The lowest BCUT2D eigenvalue weighted by Crippen LogP contribution is -2.32. The highest BCUT2D eigenvalue weighted by atomic mass is 16.5. The molecule has 2 nitrogen and oxygen atoms in total. The highest BCUT2D eigenvalue weighted by Crippen LogP contribution is 2.31. The summed E-state index contributed by atoms with van der Waals surface area (Å²) in [7, 11) is 1.72. The minimum atomic E-state index is 0.679. The van der Waals surface area contributed by atoms with Crippen LogP contribution < -0.4 is 4.74 Å². The summed E-state index contributed by atoms with van der Waals surface area (Å²) >= 11 is 0. The normalized spacial score (nSPS) is 16.2. The van der Waals surface area contributed by atoms with Crippen molar-refractivity contribution >= 4 is 10.8 Å². The lowest BCUT2D eigenvalue weighted by Gasteiger charge is -2.32. The Morgan fingerprint density at radius 3 is 2.36 bits per heavy atom. The van der Waals surface area contributed by atoms with Crippen LogP contribution in [-0.4, -0.2) is 25.1 Å². The molecule has 0 spiro atoms. The van der Waals surface area contributed by atoms with E-state index in [4.69, 9.17) is 4.74 Å². The van der Waals surface area contributed by atoms with Crippen LogP contribution in [-0.2, 0) is 6.54 Å². The number of fused-ring (bicyclic) bond motifs is 1. The van der Waals surface area contributed by atoms with Crippen LogP contribution >= 0.6 is 0 Å². The molecule has 128 valence electrons. The fourth-order valence-corrected chi connectivity index (χ4v) is 3.89. The van der Waals surface area contributed by atoms with Crippen LogP contribution in [0.4, 0.5) is 0 Å². The maximum absolute atomic E-state index is 5.32. The molecule has 0 radical (unpaired) electrons. The summed E-state index contributed by atoms with van der Waals surface area (Å²) in [5.41, 5.74) is 2.90. The van der Waals surface area contributed by atoms with Gasteiger partial charge in [0.25, 0.3) is 0 Å². The van der Waals surface area contributed by atoms with Crippen LogP contribution in [0.2, 0.25) is 0 Å². The van der Waals surface area contributed by atoms with Gasteiger partial charge in [0.2, 0.25) is 0 Å². The number of ether oxygens (including phenoxy) is 1. The predicted molar refractivity (Wildman–Crippen MR) is 104 cm³/mol. The average molecular weight is 331 g/mol. The molecule has 1 aliphatic heterocycles. The van der Waals surface area contributed by atoms with Gasteiger partial charge in [-0.25, -0.2) is 0 Å². The quantitative estimate of drug-likeness (QED) is 0.649. The summed E-state index contributed by atoms with van der Waals surface area (Å²) in [6.45, 7) is 3.44. The van der Waals surface area contributed by atoms with Crippen LogP contribution in [0.5, 0.6) is 5.75 Å². The molecule has 0 unspecified atom stereocenters. The van der Waals surface area contributed by atoms with E-state index in [0.717, 1.165) is 12.3 Å². The Kier molecular flexibility index (Phi) is 4.71. The third-order valence-corrected chi connectivity index (χ3v) is 5.38. The van der Waals surface area contributed by atoms with Gasteiger partial charge in [0.1, 0.15) is 5.75 Å². The molecule has 1 aliphatic rings. The number of benzene rings is 3. The number of hydrogen-bond acceptors (Lipinski definition) is 2. The zero-order valence-electron chi connectivity index (χ0n) is 14.8. The Hall–Kier alpha value is -2.32. The summed E-state index contributed by atoms with van der Waals surface area (Å²) < 4.78 is 5.32. The second-order valence-electron chi connectivity index (χ2n) is 7.01.